The maximum atomic E-state index is 13.5. The van der Waals surface area contributed by atoms with E-state index in [2.05, 4.69) is 40.1 Å². The molecular weight excluding hydrogens is 335 g/mol. The van der Waals surface area contributed by atoms with Crippen LogP contribution in [0.15, 0.2) is 22.7 Å². The third-order valence-electron chi connectivity index (χ3n) is 3.78. The van der Waals surface area contributed by atoms with Crippen LogP contribution in [0.5, 0.6) is 0 Å². The van der Waals surface area contributed by atoms with Crippen LogP contribution in [0.1, 0.15) is 18.9 Å². The summed E-state index contributed by atoms with van der Waals surface area (Å²) in [6.07, 6.45) is 2.00. The highest BCUT2D eigenvalue weighted by atomic mass is 79.9. The van der Waals surface area contributed by atoms with E-state index in [4.69, 9.17) is 4.74 Å². The lowest BCUT2D eigenvalue weighted by molar-refractivity contribution is -0.0383. The number of hydrogen-bond donors (Lipinski definition) is 1. The van der Waals surface area contributed by atoms with Crippen molar-refractivity contribution < 1.29 is 9.13 Å². The van der Waals surface area contributed by atoms with E-state index in [0.29, 0.717) is 0 Å². The van der Waals surface area contributed by atoms with Crippen molar-refractivity contribution in [3.05, 3.63) is 34.1 Å². The normalized spacial score (nSPS) is 21.4. The smallest absolute Gasteiger partial charge is 0.124 e. The fraction of sp³-hybridized carbons (Fsp3) is 0.625. The van der Waals surface area contributed by atoms with Gasteiger partial charge in [0, 0.05) is 23.6 Å². The molecule has 0 amide bonds. The number of nitrogens with zero attached hydrogens (tertiary/aromatic N) is 1. The highest BCUT2D eigenvalue weighted by Crippen LogP contribution is 2.18. The Morgan fingerprint density at radius 1 is 1.48 bits per heavy atom. The third-order valence-corrected chi connectivity index (χ3v) is 4.24. The van der Waals surface area contributed by atoms with E-state index in [1.165, 1.54) is 6.07 Å². The maximum Gasteiger partial charge on any atom is 0.124 e. The molecule has 0 radical (unpaired) electrons. The molecule has 1 saturated heterocycles. The Bertz CT molecular complexity index is 438. The molecule has 2 unspecified atom stereocenters. The first-order valence-electron chi connectivity index (χ1n) is 7.57. The van der Waals surface area contributed by atoms with E-state index in [1.54, 1.807) is 6.07 Å². The SMILES string of the molecule is CCCNC(Cc1cc(F)cc(Br)c1)C1CN(C)CCO1. The van der Waals surface area contributed by atoms with Crippen LogP contribution in [-0.2, 0) is 11.2 Å². The Morgan fingerprint density at radius 3 is 2.95 bits per heavy atom. The van der Waals surface area contributed by atoms with Gasteiger partial charge in [-0.25, -0.2) is 4.39 Å². The van der Waals surface area contributed by atoms with Crippen molar-refractivity contribution in [3.8, 4) is 0 Å². The number of benzene rings is 1. The molecular formula is C16H24BrFN2O. The molecule has 0 bridgehead atoms. The minimum Gasteiger partial charge on any atom is -0.374 e. The second-order valence-corrected chi connectivity index (χ2v) is 6.63. The number of morpholine rings is 1. The molecule has 118 valence electrons. The predicted octanol–water partition coefficient (Wildman–Crippen LogP) is 2.83. The van der Waals surface area contributed by atoms with E-state index in [-0.39, 0.29) is 18.0 Å². The van der Waals surface area contributed by atoms with Gasteiger partial charge in [0.2, 0.25) is 0 Å². The van der Waals surface area contributed by atoms with Gasteiger partial charge in [0.05, 0.1) is 12.7 Å². The Morgan fingerprint density at radius 2 is 2.29 bits per heavy atom. The van der Waals surface area contributed by atoms with Gasteiger partial charge < -0.3 is 15.0 Å². The summed E-state index contributed by atoms with van der Waals surface area (Å²) in [4.78, 5) is 2.29. The Hall–Kier alpha value is -0.490. The number of ether oxygens (including phenoxy) is 1. The topological polar surface area (TPSA) is 24.5 Å². The van der Waals surface area contributed by atoms with Gasteiger partial charge in [-0.15, -0.1) is 0 Å². The summed E-state index contributed by atoms with van der Waals surface area (Å²) in [7, 11) is 2.12. The minimum absolute atomic E-state index is 0.150. The molecule has 21 heavy (non-hydrogen) atoms. The lowest BCUT2D eigenvalue weighted by Gasteiger charge is -2.35. The third kappa shape index (κ3) is 5.33. The van der Waals surface area contributed by atoms with Crippen LogP contribution in [0.25, 0.3) is 0 Å². The summed E-state index contributed by atoms with van der Waals surface area (Å²) >= 11 is 3.36. The first-order chi connectivity index (χ1) is 10.1. The van der Waals surface area contributed by atoms with Crippen molar-refractivity contribution in [2.75, 3.05) is 33.3 Å². The summed E-state index contributed by atoms with van der Waals surface area (Å²) in [5.41, 5.74) is 0.993. The van der Waals surface area contributed by atoms with E-state index < -0.39 is 0 Å². The van der Waals surface area contributed by atoms with Crippen molar-refractivity contribution >= 4 is 15.9 Å². The molecule has 1 fully saturated rings. The van der Waals surface area contributed by atoms with Crippen LogP contribution < -0.4 is 5.32 Å². The van der Waals surface area contributed by atoms with Crippen molar-refractivity contribution in [3.63, 3.8) is 0 Å². The molecule has 5 heteroatoms. The second-order valence-electron chi connectivity index (χ2n) is 5.71. The van der Waals surface area contributed by atoms with E-state index in [9.17, 15) is 4.39 Å². The van der Waals surface area contributed by atoms with Crippen LogP contribution >= 0.6 is 15.9 Å². The van der Waals surface area contributed by atoms with Gasteiger partial charge in [-0.1, -0.05) is 22.9 Å². The fourth-order valence-corrected chi connectivity index (χ4v) is 3.21. The lowest BCUT2D eigenvalue weighted by atomic mass is 9.99. The van der Waals surface area contributed by atoms with E-state index in [1.807, 2.05) is 6.07 Å². The second kappa shape index (κ2) is 8.22. The molecule has 1 aromatic carbocycles. The summed E-state index contributed by atoms with van der Waals surface area (Å²) in [5, 5.41) is 3.56. The summed E-state index contributed by atoms with van der Waals surface area (Å²) in [6, 6.07) is 5.29. The van der Waals surface area contributed by atoms with Crippen molar-refractivity contribution in [2.24, 2.45) is 0 Å². The van der Waals surface area contributed by atoms with E-state index in [0.717, 1.165) is 49.1 Å². The molecule has 0 aromatic heterocycles. The number of hydrogen-bond acceptors (Lipinski definition) is 3. The lowest BCUT2D eigenvalue weighted by Crippen LogP contribution is -2.52. The summed E-state index contributed by atoms with van der Waals surface area (Å²) in [5.74, 6) is -0.199. The summed E-state index contributed by atoms with van der Waals surface area (Å²) in [6.45, 7) is 5.75. The Balaban J connectivity index is 2.07. The Labute approximate surface area is 135 Å². The van der Waals surface area contributed by atoms with Crippen molar-refractivity contribution in [2.45, 2.75) is 31.9 Å². The van der Waals surface area contributed by atoms with Gasteiger partial charge in [-0.3, -0.25) is 0 Å². The maximum absolute atomic E-state index is 13.5. The number of likely N-dealkylation sites (N-methyl/N-ethyl adjacent to an activating group) is 1. The number of rotatable bonds is 6. The monoisotopic (exact) mass is 358 g/mol. The van der Waals surface area contributed by atoms with Gasteiger partial charge in [-0.2, -0.15) is 0 Å². The van der Waals surface area contributed by atoms with Gasteiger partial charge in [0.25, 0.3) is 0 Å². The van der Waals surface area contributed by atoms with Crippen LogP contribution in [0.2, 0.25) is 0 Å². The van der Waals surface area contributed by atoms with E-state index >= 15 is 0 Å². The van der Waals surface area contributed by atoms with Gasteiger partial charge in [0.1, 0.15) is 5.82 Å². The van der Waals surface area contributed by atoms with Crippen LogP contribution in [-0.4, -0.2) is 50.3 Å². The van der Waals surface area contributed by atoms with Crippen molar-refractivity contribution in [1.29, 1.82) is 0 Å². The molecule has 0 spiro atoms. The Kier molecular flexibility index (Phi) is 6.61. The molecule has 2 atom stereocenters. The van der Waals surface area contributed by atoms with Gasteiger partial charge in [-0.05, 0) is 50.2 Å². The zero-order chi connectivity index (χ0) is 15.2. The highest BCUT2D eigenvalue weighted by Gasteiger charge is 2.26. The zero-order valence-electron chi connectivity index (χ0n) is 12.7. The molecule has 0 saturated carbocycles. The highest BCUT2D eigenvalue weighted by molar-refractivity contribution is 9.10. The largest absolute Gasteiger partial charge is 0.374 e. The average Bonchev–Trinajstić information content (AvgIpc) is 2.42. The molecule has 1 aliphatic heterocycles. The molecule has 1 heterocycles. The quantitative estimate of drug-likeness (QED) is 0.846. The number of halogens is 2. The molecule has 2 rings (SSSR count). The van der Waals surface area contributed by atoms with Crippen LogP contribution in [0.4, 0.5) is 4.39 Å². The average molecular weight is 359 g/mol. The zero-order valence-corrected chi connectivity index (χ0v) is 14.3. The predicted molar refractivity (Wildman–Crippen MR) is 87.1 cm³/mol. The fourth-order valence-electron chi connectivity index (χ4n) is 2.70. The molecule has 0 aliphatic carbocycles. The van der Waals surface area contributed by atoms with Gasteiger partial charge >= 0.3 is 0 Å². The van der Waals surface area contributed by atoms with Gasteiger partial charge in [0.15, 0.2) is 0 Å². The first-order valence-corrected chi connectivity index (χ1v) is 8.36. The minimum atomic E-state index is -0.199. The molecule has 3 nitrogen and oxygen atoms in total. The molecule has 1 aliphatic rings. The first kappa shape index (κ1) is 16.9. The van der Waals surface area contributed by atoms with Crippen molar-refractivity contribution in [1.82, 2.24) is 10.2 Å². The summed E-state index contributed by atoms with van der Waals surface area (Å²) < 4.78 is 20.3. The van der Waals surface area contributed by atoms with Crippen LogP contribution in [0, 0.1) is 5.82 Å². The standard InChI is InChI=1S/C16H24BrFN2O/c1-3-4-19-15(16-11-20(2)5-6-21-16)9-12-7-13(17)10-14(18)8-12/h7-8,10,15-16,19H,3-6,9,11H2,1-2H3. The molecule has 1 N–H and O–H groups in total. The van der Waals surface area contributed by atoms with Crippen LogP contribution in [0.3, 0.4) is 0 Å². The molecule has 1 aromatic rings. The number of nitrogens with one attached hydrogen (secondary N) is 1.